The van der Waals surface area contributed by atoms with Crippen LogP contribution in [0.4, 0.5) is 20.3 Å². The Morgan fingerprint density at radius 2 is 1.77 bits per heavy atom. The standard InChI is InChI=1S/C37H40F2N10O4/c1-45-33-28(6-3-7-29(33)49(37(45)53)30-12-13-32(50)43-36(30)52)47-16-14-46(15-17-47)20-22-8-10-24(11-9-22)48-21-23-18-31(40-19-27(23)44-48)42-35(51)26-5-2-4-25(41-26)34(38)39/h2-7,18-19,21-22,24,30,34H,8-17,20H2,1H3,(H,42,51)(H,43,50,52)/t22-,24-,30?. The number of fused-ring (bicyclic) bond motifs is 2. The van der Waals surface area contributed by atoms with Gasteiger partial charge in [-0.25, -0.2) is 23.5 Å². The molecule has 4 aromatic heterocycles. The first-order valence-electron chi connectivity index (χ1n) is 18.0. The number of benzene rings is 1. The Balaban J connectivity index is 0.857. The Morgan fingerprint density at radius 3 is 2.53 bits per heavy atom. The highest BCUT2D eigenvalue weighted by Crippen LogP contribution is 2.35. The first-order valence-corrected chi connectivity index (χ1v) is 18.0. The van der Waals surface area contributed by atoms with Gasteiger partial charge in [0.25, 0.3) is 12.3 Å². The van der Waals surface area contributed by atoms with Crippen LogP contribution in [0.3, 0.4) is 0 Å². The van der Waals surface area contributed by atoms with Gasteiger partial charge in [-0.15, -0.1) is 0 Å². The molecule has 2 aliphatic heterocycles. The number of piperazine rings is 1. The summed E-state index contributed by atoms with van der Waals surface area (Å²) in [5.41, 5.74) is 2.36. The summed E-state index contributed by atoms with van der Waals surface area (Å²) in [6.45, 7) is 4.48. The molecule has 1 aliphatic carbocycles. The molecule has 2 saturated heterocycles. The first-order chi connectivity index (χ1) is 25.6. The van der Waals surface area contributed by atoms with Gasteiger partial charge in [-0.05, 0) is 68.4 Å². The van der Waals surface area contributed by atoms with Gasteiger partial charge in [-0.3, -0.25) is 38.4 Å². The van der Waals surface area contributed by atoms with Crippen molar-refractivity contribution < 1.29 is 23.2 Å². The fourth-order valence-corrected chi connectivity index (χ4v) is 8.11. The van der Waals surface area contributed by atoms with Crippen LogP contribution in [0, 0.1) is 5.92 Å². The van der Waals surface area contributed by atoms with Gasteiger partial charge in [0, 0.05) is 57.8 Å². The van der Waals surface area contributed by atoms with Crippen molar-refractivity contribution in [3.8, 4) is 0 Å². The second-order valence-corrected chi connectivity index (χ2v) is 14.2. The van der Waals surface area contributed by atoms with E-state index in [-0.39, 0.29) is 29.8 Å². The van der Waals surface area contributed by atoms with Gasteiger partial charge in [0.15, 0.2) is 0 Å². The maximum atomic E-state index is 13.4. The average molecular weight is 727 g/mol. The van der Waals surface area contributed by atoms with Crippen LogP contribution < -0.4 is 21.2 Å². The molecule has 0 spiro atoms. The minimum Gasteiger partial charge on any atom is -0.367 e. The van der Waals surface area contributed by atoms with E-state index < -0.39 is 30.0 Å². The van der Waals surface area contributed by atoms with E-state index >= 15 is 0 Å². The van der Waals surface area contributed by atoms with Gasteiger partial charge < -0.3 is 10.2 Å². The van der Waals surface area contributed by atoms with Crippen molar-refractivity contribution >= 4 is 51.2 Å². The summed E-state index contributed by atoms with van der Waals surface area (Å²) in [5, 5.41) is 10.6. The summed E-state index contributed by atoms with van der Waals surface area (Å²) in [5.74, 6) is -0.486. The number of anilines is 2. The lowest BCUT2D eigenvalue weighted by Gasteiger charge is -2.39. The highest BCUT2D eigenvalue weighted by molar-refractivity contribution is 6.03. The molecule has 5 aromatic rings. The largest absolute Gasteiger partial charge is 0.367 e. The monoisotopic (exact) mass is 726 g/mol. The van der Waals surface area contributed by atoms with Gasteiger partial charge in [0.2, 0.25) is 11.8 Å². The number of halogens is 2. The Morgan fingerprint density at radius 1 is 1.00 bits per heavy atom. The molecular weight excluding hydrogens is 686 g/mol. The number of aryl methyl sites for hydroxylation is 1. The molecule has 1 aromatic carbocycles. The number of hydrogen-bond acceptors (Lipinski definition) is 9. The van der Waals surface area contributed by atoms with Gasteiger partial charge in [0.05, 0.1) is 29.0 Å². The molecule has 3 fully saturated rings. The lowest BCUT2D eigenvalue weighted by molar-refractivity contribution is -0.135. The lowest BCUT2D eigenvalue weighted by atomic mass is 9.85. The lowest BCUT2D eigenvalue weighted by Crippen LogP contribution is -2.48. The van der Waals surface area contributed by atoms with E-state index in [0.717, 1.165) is 75.0 Å². The second-order valence-electron chi connectivity index (χ2n) is 14.2. The maximum Gasteiger partial charge on any atom is 0.329 e. The minimum atomic E-state index is -2.77. The number of para-hydroxylation sites is 1. The molecule has 14 nitrogen and oxygen atoms in total. The zero-order valence-corrected chi connectivity index (χ0v) is 29.3. The number of hydrogen-bond donors (Lipinski definition) is 2. The Hall–Kier alpha value is -5.51. The van der Waals surface area contributed by atoms with E-state index in [2.05, 4.69) is 30.4 Å². The van der Waals surface area contributed by atoms with Gasteiger partial charge in [0.1, 0.15) is 28.8 Å². The zero-order chi connectivity index (χ0) is 36.8. The normalized spacial score (nSPS) is 21.4. The summed E-state index contributed by atoms with van der Waals surface area (Å²) in [6, 6.07) is 11.1. The van der Waals surface area contributed by atoms with E-state index in [1.165, 1.54) is 22.8 Å². The van der Waals surface area contributed by atoms with Crippen molar-refractivity contribution in [3.63, 3.8) is 0 Å². The van der Waals surface area contributed by atoms with Crippen LogP contribution in [0.15, 0.2) is 59.7 Å². The molecule has 2 N–H and O–H groups in total. The van der Waals surface area contributed by atoms with Crippen molar-refractivity contribution in [2.45, 2.75) is 57.0 Å². The van der Waals surface area contributed by atoms with Crippen LogP contribution in [0.2, 0.25) is 0 Å². The summed E-state index contributed by atoms with van der Waals surface area (Å²) in [4.78, 5) is 63.4. The van der Waals surface area contributed by atoms with E-state index in [1.807, 2.05) is 29.1 Å². The van der Waals surface area contributed by atoms with Gasteiger partial charge >= 0.3 is 5.69 Å². The third kappa shape index (κ3) is 6.78. The van der Waals surface area contributed by atoms with Gasteiger partial charge in [-0.1, -0.05) is 12.1 Å². The fourth-order valence-electron chi connectivity index (χ4n) is 8.11. The van der Waals surface area contributed by atoms with E-state index in [0.29, 0.717) is 29.2 Å². The second kappa shape index (κ2) is 14.1. The number of aromatic nitrogens is 6. The number of nitrogens with zero attached hydrogens (tertiary/aromatic N) is 8. The van der Waals surface area contributed by atoms with E-state index in [4.69, 9.17) is 5.10 Å². The molecule has 6 heterocycles. The third-order valence-electron chi connectivity index (χ3n) is 10.9. The van der Waals surface area contributed by atoms with E-state index in [9.17, 15) is 28.0 Å². The number of carbonyl (C=O) groups excluding carboxylic acids is 3. The number of alkyl halides is 2. The van der Waals surface area contributed by atoms with Crippen molar-refractivity contribution in [2.24, 2.45) is 13.0 Å². The summed E-state index contributed by atoms with van der Waals surface area (Å²) < 4.78 is 31.2. The summed E-state index contributed by atoms with van der Waals surface area (Å²) >= 11 is 0. The minimum absolute atomic E-state index is 0.107. The molecule has 3 amide bonds. The van der Waals surface area contributed by atoms with Crippen molar-refractivity contribution in [3.05, 3.63) is 76.7 Å². The Kier molecular flexibility index (Phi) is 9.22. The Bertz CT molecular complexity index is 2270. The van der Waals surface area contributed by atoms with Crippen LogP contribution in [0.25, 0.3) is 21.9 Å². The molecule has 3 aliphatic rings. The highest BCUT2D eigenvalue weighted by atomic mass is 19.3. The van der Waals surface area contributed by atoms with Crippen LogP contribution in [-0.2, 0) is 16.6 Å². The van der Waals surface area contributed by atoms with Crippen LogP contribution >= 0.6 is 0 Å². The molecular formula is C37H40F2N10O4. The number of imide groups is 1. The predicted molar refractivity (Wildman–Crippen MR) is 193 cm³/mol. The van der Waals surface area contributed by atoms with Crippen molar-refractivity contribution in [1.82, 2.24) is 39.1 Å². The average Bonchev–Trinajstić information content (AvgIpc) is 3.70. The number of nitrogens with one attached hydrogen (secondary N) is 2. The number of rotatable bonds is 8. The molecule has 53 heavy (non-hydrogen) atoms. The van der Waals surface area contributed by atoms with E-state index in [1.54, 1.807) is 23.9 Å². The molecule has 0 radical (unpaired) electrons. The molecule has 1 saturated carbocycles. The van der Waals surface area contributed by atoms with Crippen molar-refractivity contribution in [2.75, 3.05) is 42.9 Å². The third-order valence-corrected chi connectivity index (χ3v) is 10.9. The van der Waals surface area contributed by atoms with Gasteiger partial charge in [-0.2, -0.15) is 5.10 Å². The number of pyridine rings is 2. The first kappa shape index (κ1) is 34.6. The fraction of sp³-hybridized carbons (Fsp3) is 0.432. The van der Waals surface area contributed by atoms with Crippen LogP contribution in [-0.4, -0.2) is 84.2 Å². The quantitative estimate of drug-likeness (QED) is 0.224. The maximum absolute atomic E-state index is 13.4. The molecule has 8 rings (SSSR count). The van der Waals surface area contributed by atoms with Crippen LogP contribution in [0.1, 0.15) is 73.2 Å². The topological polar surface area (TPSA) is 152 Å². The van der Waals surface area contributed by atoms with Crippen LogP contribution in [0.5, 0.6) is 0 Å². The zero-order valence-electron chi connectivity index (χ0n) is 29.3. The number of piperidine rings is 1. The Labute approximate surface area is 302 Å². The molecule has 1 unspecified atom stereocenters. The summed E-state index contributed by atoms with van der Waals surface area (Å²) in [7, 11) is 1.74. The highest BCUT2D eigenvalue weighted by Gasteiger charge is 2.33. The molecule has 0 bridgehead atoms. The van der Waals surface area contributed by atoms with Crippen molar-refractivity contribution in [1.29, 1.82) is 0 Å². The number of imidazole rings is 1. The molecule has 276 valence electrons. The smallest absolute Gasteiger partial charge is 0.329 e. The number of amides is 3. The number of carbonyl (C=O) groups is 3. The predicted octanol–water partition coefficient (Wildman–Crippen LogP) is 4.20. The SMILES string of the molecule is Cn1c(=O)n(C2CCC(=O)NC2=O)c2cccc(N3CCN(C[C@H]4CC[C@H](n5cc6cc(NC(=O)c7cccc(C(F)F)n7)ncc6n5)CC4)CC3)c21. The molecule has 1 atom stereocenters. The summed E-state index contributed by atoms with van der Waals surface area (Å²) in [6.07, 6.45) is 5.49. The molecule has 16 heteroatoms.